The second-order valence-electron chi connectivity index (χ2n) is 5.16. The molecule has 98 valence electrons. The van der Waals surface area contributed by atoms with E-state index < -0.39 is 0 Å². The first-order chi connectivity index (χ1) is 8.68. The maximum absolute atomic E-state index is 11.7. The Morgan fingerprint density at radius 3 is 2.72 bits per heavy atom. The maximum atomic E-state index is 11.7. The highest BCUT2D eigenvalue weighted by molar-refractivity contribution is 5.83. The molecule has 1 saturated heterocycles. The normalized spacial score (nSPS) is 21.3. The van der Waals surface area contributed by atoms with Gasteiger partial charge in [-0.25, -0.2) is 0 Å². The third-order valence-corrected chi connectivity index (χ3v) is 3.76. The number of nitrogens with zero attached hydrogens (tertiary/aromatic N) is 1. The van der Waals surface area contributed by atoms with Gasteiger partial charge in [0.1, 0.15) is 0 Å². The number of carbonyl (C=O) groups is 1. The standard InChI is InChI=1S/C15H22N2O/c1-12(13-6-4-3-5-7-13)8-10-16-14-9-11-17(2)15(14)18/h3-7,12,14,16H,8-11H2,1-2H3. The van der Waals surface area contributed by atoms with Crippen LogP contribution in [-0.4, -0.2) is 37.0 Å². The highest BCUT2D eigenvalue weighted by atomic mass is 16.2. The largest absolute Gasteiger partial charge is 0.344 e. The minimum Gasteiger partial charge on any atom is -0.344 e. The quantitative estimate of drug-likeness (QED) is 0.862. The van der Waals surface area contributed by atoms with Crippen molar-refractivity contribution in [3.8, 4) is 0 Å². The molecule has 0 aromatic heterocycles. The molecule has 1 amide bonds. The third kappa shape index (κ3) is 3.10. The summed E-state index contributed by atoms with van der Waals surface area (Å²) in [5.74, 6) is 0.773. The van der Waals surface area contributed by atoms with Crippen LogP contribution in [0, 0.1) is 0 Å². The number of hydrogen-bond acceptors (Lipinski definition) is 2. The van der Waals surface area contributed by atoms with Gasteiger partial charge in [-0.1, -0.05) is 37.3 Å². The Balaban J connectivity index is 1.74. The van der Waals surface area contributed by atoms with Crippen LogP contribution in [0.5, 0.6) is 0 Å². The number of likely N-dealkylation sites (tertiary alicyclic amines) is 1. The Hall–Kier alpha value is -1.35. The summed E-state index contributed by atoms with van der Waals surface area (Å²) < 4.78 is 0. The van der Waals surface area contributed by atoms with Gasteiger partial charge < -0.3 is 10.2 Å². The first kappa shape index (κ1) is 13.1. The minimum atomic E-state index is 0.0398. The van der Waals surface area contributed by atoms with E-state index in [0.29, 0.717) is 5.92 Å². The first-order valence-corrected chi connectivity index (χ1v) is 6.72. The molecule has 0 radical (unpaired) electrons. The lowest BCUT2D eigenvalue weighted by Crippen LogP contribution is -2.37. The number of rotatable bonds is 5. The van der Waals surface area contributed by atoms with Crippen LogP contribution in [-0.2, 0) is 4.79 Å². The minimum absolute atomic E-state index is 0.0398. The molecular weight excluding hydrogens is 224 g/mol. The summed E-state index contributed by atoms with van der Waals surface area (Å²) in [6, 6.07) is 10.6. The van der Waals surface area contributed by atoms with Crippen molar-refractivity contribution in [2.24, 2.45) is 0 Å². The number of hydrogen-bond donors (Lipinski definition) is 1. The molecule has 1 aliphatic heterocycles. The Kier molecular flexibility index (Phi) is 4.37. The van der Waals surface area contributed by atoms with Gasteiger partial charge in [0.15, 0.2) is 0 Å². The molecular formula is C15H22N2O. The van der Waals surface area contributed by atoms with Crippen LogP contribution in [0.25, 0.3) is 0 Å². The zero-order valence-electron chi connectivity index (χ0n) is 11.2. The summed E-state index contributed by atoms with van der Waals surface area (Å²) in [5, 5.41) is 3.37. The van der Waals surface area contributed by atoms with E-state index in [1.807, 2.05) is 13.1 Å². The van der Waals surface area contributed by atoms with Gasteiger partial charge in [-0.15, -0.1) is 0 Å². The van der Waals surface area contributed by atoms with E-state index in [1.165, 1.54) is 5.56 Å². The van der Waals surface area contributed by atoms with E-state index in [-0.39, 0.29) is 11.9 Å². The molecule has 2 unspecified atom stereocenters. The average Bonchev–Trinajstić information content (AvgIpc) is 2.71. The van der Waals surface area contributed by atoms with Crippen LogP contribution in [0.4, 0.5) is 0 Å². The van der Waals surface area contributed by atoms with Gasteiger partial charge in [0.05, 0.1) is 6.04 Å². The van der Waals surface area contributed by atoms with Crippen LogP contribution >= 0.6 is 0 Å². The molecule has 2 rings (SSSR count). The Morgan fingerprint density at radius 2 is 2.11 bits per heavy atom. The van der Waals surface area contributed by atoms with E-state index in [0.717, 1.165) is 25.9 Å². The molecule has 2 atom stereocenters. The maximum Gasteiger partial charge on any atom is 0.239 e. The van der Waals surface area contributed by atoms with Gasteiger partial charge in [0.25, 0.3) is 0 Å². The molecule has 3 nitrogen and oxygen atoms in total. The van der Waals surface area contributed by atoms with Crippen molar-refractivity contribution in [2.45, 2.75) is 31.7 Å². The van der Waals surface area contributed by atoms with Crippen LogP contribution < -0.4 is 5.32 Å². The molecule has 0 spiro atoms. The smallest absolute Gasteiger partial charge is 0.239 e. The van der Waals surface area contributed by atoms with E-state index >= 15 is 0 Å². The van der Waals surface area contributed by atoms with E-state index in [9.17, 15) is 4.79 Å². The summed E-state index contributed by atoms with van der Waals surface area (Å²) in [4.78, 5) is 13.5. The van der Waals surface area contributed by atoms with Crippen LogP contribution in [0.15, 0.2) is 30.3 Å². The van der Waals surface area contributed by atoms with Crippen LogP contribution in [0.2, 0.25) is 0 Å². The Bertz CT molecular complexity index is 391. The fourth-order valence-corrected chi connectivity index (χ4v) is 2.43. The lowest BCUT2D eigenvalue weighted by atomic mass is 9.98. The van der Waals surface area contributed by atoms with Crippen molar-refractivity contribution < 1.29 is 4.79 Å². The zero-order valence-corrected chi connectivity index (χ0v) is 11.2. The number of likely N-dealkylation sites (N-methyl/N-ethyl adjacent to an activating group) is 1. The fourth-order valence-electron chi connectivity index (χ4n) is 2.43. The molecule has 0 saturated carbocycles. The lowest BCUT2D eigenvalue weighted by molar-refractivity contribution is -0.128. The van der Waals surface area contributed by atoms with Gasteiger partial charge in [-0.3, -0.25) is 4.79 Å². The number of benzene rings is 1. The molecule has 1 aliphatic rings. The van der Waals surface area contributed by atoms with Gasteiger partial charge >= 0.3 is 0 Å². The predicted octanol–water partition coefficient (Wildman–Crippen LogP) is 2.00. The molecule has 0 aliphatic carbocycles. The molecule has 1 N–H and O–H groups in total. The number of amides is 1. The lowest BCUT2D eigenvalue weighted by Gasteiger charge is -2.15. The molecule has 1 aromatic carbocycles. The molecule has 18 heavy (non-hydrogen) atoms. The van der Waals surface area contributed by atoms with Crippen LogP contribution in [0.1, 0.15) is 31.2 Å². The van der Waals surface area contributed by atoms with E-state index in [4.69, 9.17) is 0 Å². The summed E-state index contributed by atoms with van der Waals surface area (Å²) in [6.45, 7) is 4.02. The first-order valence-electron chi connectivity index (χ1n) is 6.72. The van der Waals surface area contributed by atoms with E-state index in [2.05, 4.69) is 36.5 Å². The summed E-state index contributed by atoms with van der Waals surface area (Å²) in [5.41, 5.74) is 1.37. The monoisotopic (exact) mass is 246 g/mol. The zero-order chi connectivity index (χ0) is 13.0. The van der Waals surface area contributed by atoms with Crippen molar-refractivity contribution in [3.05, 3.63) is 35.9 Å². The van der Waals surface area contributed by atoms with Crippen molar-refractivity contribution >= 4 is 5.91 Å². The van der Waals surface area contributed by atoms with Crippen LogP contribution in [0.3, 0.4) is 0 Å². The number of nitrogens with one attached hydrogen (secondary N) is 1. The second-order valence-corrected chi connectivity index (χ2v) is 5.16. The SMILES string of the molecule is CC(CCNC1CCN(C)C1=O)c1ccccc1. The summed E-state index contributed by atoms with van der Waals surface area (Å²) >= 11 is 0. The molecule has 0 bridgehead atoms. The van der Waals surface area contributed by atoms with Gasteiger partial charge in [0, 0.05) is 13.6 Å². The molecule has 1 heterocycles. The molecule has 1 fully saturated rings. The topological polar surface area (TPSA) is 32.3 Å². The van der Waals surface area contributed by atoms with Crippen molar-refractivity contribution in [1.82, 2.24) is 10.2 Å². The van der Waals surface area contributed by atoms with Crippen molar-refractivity contribution in [3.63, 3.8) is 0 Å². The Morgan fingerprint density at radius 1 is 1.39 bits per heavy atom. The van der Waals surface area contributed by atoms with Crippen molar-refractivity contribution in [2.75, 3.05) is 20.1 Å². The summed E-state index contributed by atoms with van der Waals surface area (Å²) in [6.07, 6.45) is 2.01. The third-order valence-electron chi connectivity index (χ3n) is 3.76. The second kappa shape index (κ2) is 6.01. The highest BCUT2D eigenvalue weighted by Gasteiger charge is 2.28. The fraction of sp³-hybridized carbons (Fsp3) is 0.533. The van der Waals surface area contributed by atoms with Gasteiger partial charge in [-0.05, 0) is 30.9 Å². The Labute approximate surface area is 109 Å². The predicted molar refractivity (Wildman–Crippen MR) is 73.5 cm³/mol. The average molecular weight is 246 g/mol. The molecule has 1 aromatic rings. The van der Waals surface area contributed by atoms with E-state index in [1.54, 1.807) is 4.90 Å². The van der Waals surface area contributed by atoms with Gasteiger partial charge in [0.2, 0.25) is 5.91 Å². The van der Waals surface area contributed by atoms with Crippen molar-refractivity contribution in [1.29, 1.82) is 0 Å². The number of carbonyl (C=O) groups excluding carboxylic acids is 1. The van der Waals surface area contributed by atoms with Gasteiger partial charge in [-0.2, -0.15) is 0 Å². The summed E-state index contributed by atoms with van der Waals surface area (Å²) in [7, 11) is 1.87. The molecule has 3 heteroatoms. The highest BCUT2D eigenvalue weighted by Crippen LogP contribution is 2.18.